The number of anilines is 2. The molecule has 1 atom stereocenters. The highest BCUT2D eigenvalue weighted by Gasteiger charge is 2.31. The lowest BCUT2D eigenvalue weighted by atomic mass is 10.1. The summed E-state index contributed by atoms with van der Waals surface area (Å²) in [6.45, 7) is 1.66. The van der Waals surface area contributed by atoms with Crippen LogP contribution < -0.4 is 10.6 Å². The lowest BCUT2D eigenvalue weighted by Crippen LogP contribution is -2.38. The van der Waals surface area contributed by atoms with Gasteiger partial charge in [-0.1, -0.05) is 34.1 Å². The lowest BCUT2D eigenvalue weighted by molar-refractivity contribution is -0.122. The summed E-state index contributed by atoms with van der Waals surface area (Å²) in [5.74, 6) is -0.850. The van der Waals surface area contributed by atoms with Gasteiger partial charge in [0.05, 0.1) is 5.56 Å². The first-order valence-electron chi connectivity index (χ1n) is 7.59. The molecule has 5 nitrogen and oxygen atoms in total. The van der Waals surface area contributed by atoms with Crippen molar-refractivity contribution in [3.05, 3.63) is 58.1 Å². The number of ether oxygens (including phenoxy) is 1. The van der Waals surface area contributed by atoms with E-state index < -0.39 is 5.97 Å². The molecule has 0 aromatic heterocycles. The van der Waals surface area contributed by atoms with E-state index in [0.29, 0.717) is 5.69 Å². The maximum atomic E-state index is 12.5. The minimum Gasteiger partial charge on any atom is -0.452 e. The minimum absolute atomic E-state index is 0.0459. The normalized spacial score (nSPS) is 15.9. The zero-order chi connectivity index (χ0) is 17.3. The van der Waals surface area contributed by atoms with Crippen LogP contribution in [0.3, 0.4) is 0 Å². The van der Waals surface area contributed by atoms with Gasteiger partial charge >= 0.3 is 5.97 Å². The van der Waals surface area contributed by atoms with Crippen LogP contribution in [0.4, 0.5) is 11.4 Å². The van der Waals surface area contributed by atoms with E-state index in [9.17, 15) is 9.59 Å². The Morgan fingerprint density at radius 1 is 1.29 bits per heavy atom. The first-order chi connectivity index (χ1) is 11.5. The van der Waals surface area contributed by atoms with Gasteiger partial charge in [0.1, 0.15) is 0 Å². The maximum Gasteiger partial charge on any atom is 0.340 e. The molecular weight excluding hydrogens is 372 g/mol. The van der Waals surface area contributed by atoms with E-state index in [-0.39, 0.29) is 24.1 Å². The average molecular weight is 389 g/mol. The smallest absolute Gasteiger partial charge is 0.340 e. The summed E-state index contributed by atoms with van der Waals surface area (Å²) < 4.78 is 5.89. The molecule has 0 saturated carbocycles. The predicted octanol–water partition coefficient (Wildman–Crippen LogP) is 3.17. The van der Waals surface area contributed by atoms with E-state index in [4.69, 9.17) is 10.5 Å². The van der Waals surface area contributed by atoms with Gasteiger partial charge in [-0.3, -0.25) is 4.79 Å². The van der Waals surface area contributed by atoms with Crippen LogP contribution in [-0.4, -0.2) is 24.5 Å². The standard InChI is InChI=1S/C18H17BrN2O3/c1-11-8-12-4-2-3-5-16(12)21(11)17(22)10-24-18(23)14-9-13(19)6-7-15(14)20/h2-7,9,11H,8,10,20H2,1H3/t11-/m1/s1. The number of nitrogen functional groups attached to an aromatic ring is 1. The minimum atomic E-state index is -0.609. The van der Waals surface area contributed by atoms with Crippen molar-refractivity contribution >= 4 is 39.2 Å². The zero-order valence-corrected chi connectivity index (χ0v) is 14.7. The van der Waals surface area contributed by atoms with Crippen molar-refractivity contribution in [2.45, 2.75) is 19.4 Å². The van der Waals surface area contributed by atoms with Gasteiger partial charge in [0.15, 0.2) is 6.61 Å². The average Bonchev–Trinajstić information content (AvgIpc) is 2.90. The molecule has 1 aliphatic rings. The van der Waals surface area contributed by atoms with Crippen LogP contribution in [0, 0.1) is 0 Å². The van der Waals surface area contributed by atoms with E-state index in [2.05, 4.69) is 15.9 Å². The van der Waals surface area contributed by atoms with Crippen molar-refractivity contribution in [3.8, 4) is 0 Å². The van der Waals surface area contributed by atoms with Crippen LogP contribution in [0.15, 0.2) is 46.9 Å². The monoisotopic (exact) mass is 388 g/mol. The van der Waals surface area contributed by atoms with Gasteiger partial charge in [0, 0.05) is 21.9 Å². The fourth-order valence-electron chi connectivity index (χ4n) is 2.93. The second-order valence-electron chi connectivity index (χ2n) is 5.75. The highest BCUT2D eigenvalue weighted by Crippen LogP contribution is 2.31. The summed E-state index contributed by atoms with van der Waals surface area (Å²) in [7, 11) is 0. The Morgan fingerprint density at radius 3 is 2.83 bits per heavy atom. The molecule has 6 heteroatoms. The van der Waals surface area contributed by atoms with Crippen LogP contribution in [0.25, 0.3) is 0 Å². The molecule has 24 heavy (non-hydrogen) atoms. The first kappa shape index (κ1) is 16.5. The summed E-state index contributed by atoms with van der Waals surface area (Å²) in [6, 6.07) is 12.7. The molecule has 0 spiro atoms. The number of hydrogen-bond donors (Lipinski definition) is 1. The molecular formula is C18H17BrN2O3. The van der Waals surface area contributed by atoms with Crippen LogP contribution in [0.5, 0.6) is 0 Å². The number of fused-ring (bicyclic) bond motifs is 1. The van der Waals surface area contributed by atoms with Gasteiger partial charge < -0.3 is 15.4 Å². The molecule has 0 fully saturated rings. The van der Waals surface area contributed by atoms with Crippen LogP contribution in [0.2, 0.25) is 0 Å². The molecule has 0 saturated heterocycles. The molecule has 0 bridgehead atoms. The van der Waals surface area contributed by atoms with Gasteiger partial charge in [0.2, 0.25) is 0 Å². The Hall–Kier alpha value is -2.34. The Bertz CT molecular complexity index is 807. The number of esters is 1. The van der Waals surface area contributed by atoms with Gasteiger partial charge in [-0.2, -0.15) is 0 Å². The van der Waals surface area contributed by atoms with Gasteiger partial charge in [-0.25, -0.2) is 4.79 Å². The quantitative estimate of drug-likeness (QED) is 0.647. The summed E-state index contributed by atoms with van der Waals surface area (Å²) in [5.41, 5.74) is 8.35. The van der Waals surface area contributed by atoms with E-state index in [0.717, 1.165) is 22.1 Å². The largest absolute Gasteiger partial charge is 0.452 e. The predicted molar refractivity (Wildman–Crippen MR) is 95.9 cm³/mol. The van der Waals surface area contributed by atoms with Gasteiger partial charge in [-0.15, -0.1) is 0 Å². The van der Waals surface area contributed by atoms with Crippen LogP contribution in [0.1, 0.15) is 22.8 Å². The van der Waals surface area contributed by atoms with Gasteiger partial charge in [-0.05, 0) is 43.2 Å². The molecule has 2 N–H and O–H groups in total. The third-order valence-corrected chi connectivity index (χ3v) is 4.53. The number of amides is 1. The number of halogens is 1. The number of nitrogens with zero attached hydrogens (tertiary/aromatic N) is 1. The molecule has 3 rings (SSSR count). The topological polar surface area (TPSA) is 72.6 Å². The van der Waals surface area contributed by atoms with Crippen molar-refractivity contribution in [1.82, 2.24) is 0 Å². The Kier molecular flexibility index (Phi) is 4.57. The van der Waals surface area contributed by atoms with E-state index in [1.807, 2.05) is 31.2 Å². The van der Waals surface area contributed by atoms with Crippen LogP contribution in [-0.2, 0) is 16.0 Å². The summed E-state index contributed by atoms with van der Waals surface area (Å²) >= 11 is 3.29. The number of carbonyl (C=O) groups is 2. The zero-order valence-electron chi connectivity index (χ0n) is 13.2. The first-order valence-corrected chi connectivity index (χ1v) is 8.39. The Morgan fingerprint density at radius 2 is 2.04 bits per heavy atom. The molecule has 1 amide bonds. The van der Waals surface area contributed by atoms with Crippen molar-refractivity contribution in [2.75, 3.05) is 17.2 Å². The fourth-order valence-corrected chi connectivity index (χ4v) is 3.29. The molecule has 0 unspecified atom stereocenters. The van der Waals surface area contributed by atoms with Gasteiger partial charge in [0.25, 0.3) is 5.91 Å². The SMILES string of the molecule is C[C@@H]1Cc2ccccc2N1C(=O)COC(=O)c1cc(Br)ccc1N. The molecule has 2 aromatic carbocycles. The van der Waals surface area contributed by atoms with Crippen LogP contribution >= 0.6 is 15.9 Å². The highest BCUT2D eigenvalue weighted by atomic mass is 79.9. The van der Waals surface area contributed by atoms with E-state index in [1.165, 1.54) is 0 Å². The number of rotatable bonds is 3. The van der Waals surface area contributed by atoms with Crippen molar-refractivity contribution < 1.29 is 14.3 Å². The fraction of sp³-hybridized carbons (Fsp3) is 0.222. The summed E-state index contributed by atoms with van der Waals surface area (Å²) in [5, 5.41) is 0. The molecule has 1 heterocycles. The third kappa shape index (κ3) is 3.14. The maximum absolute atomic E-state index is 12.5. The van der Waals surface area contributed by atoms with E-state index in [1.54, 1.807) is 23.1 Å². The molecule has 0 aliphatic carbocycles. The molecule has 124 valence electrons. The molecule has 1 aliphatic heterocycles. The Balaban J connectivity index is 1.70. The molecule has 0 radical (unpaired) electrons. The van der Waals surface area contributed by atoms with Crippen molar-refractivity contribution in [1.29, 1.82) is 0 Å². The number of hydrogen-bond acceptors (Lipinski definition) is 4. The number of benzene rings is 2. The Labute approximate surface area is 148 Å². The lowest BCUT2D eigenvalue weighted by Gasteiger charge is -2.22. The van der Waals surface area contributed by atoms with Crippen molar-refractivity contribution in [2.24, 2.45) is 0 Å². The molecule has 2 aromatic rings. The summed E-state index contributed by atoms with van der Waals surface area (Å²) in [4.78, 5) is 26.4. The second-order valence-corrected chi connectivity index (χ2v) is 6.67. The van der Waals surface area contributed by atoms with Crippen molar-refractivity contribution in [3.63, 3.8) is 0 Å². The summed E-state index contributed by atoms with van der Waals surface area (Å²) in [6.07, 6.45) is 0.800. The number of nitrogens with two attached hydrogens (primary N) is 1. The number of carbonyl (C=O) groups excluding carboxylic acids is 2. The third-order valence-electron chi connectivity index (χ3n) is 4.04. The second kappa shape index (κ2) is 6.65. The number of para-hydroxylation sites is 1. The highest BCUT2D eigenvalue weighted by molar-refractivity contribution is 9.10. The van der Waals surface area contributed by atoms with E-state index >= 15 is 0 Å².